The molecule has 0 radical (unpaired) electrons. The molecule has 2 aromatic rings. The van der Waals surface area contributed by atoms with Crippen LogP contribution in [0.25, 0.3) is 0 Å². The molecule has 4 rings (SSSR count). The number of piperazine rings is 1. The average Bonchev–Trinajstić information content (AvgIpc) is 3.16. The molecule has 0 N–H and O–H groups in total. The first-order valence-corrected chi connectivity index (χ1v) is 12.8. The van der Waals surface area contributed by atoms with Crippen molar-refractivity contribution in [2.45, 2.75) is 57.9 Å². The first kappa shape index (κ1) is 25.2. The van der Waals surface area contributed by atoms with Crippen molar-refractivity contribution in [3.63, 3.8) is 0 Å². The molecule has 0 aliphatic carbocycles. The van der Waals surface area contributed by atoms with Crippen molar-refractivity contribution in [3.8, 4) is 5.75 Å². The van der Waals surface area contributed by atoms with Crippen LogP contribution in [-0.2, 0) is 29.0 Å². The van der Waals surface area contributed by atoms with Crippen LogP contribution in [-0.4, -0.2) is 83.0 Å². The Morgan fingerprint density at radius 1 is 0.857 bits per heavy atom. The molecule has 0 bridgehead atoms. The number of aromatic nitrogens is 2. The maximum atomic E-state index is 12.6. The maximum absolute atomic E-state index is 12.6. The lowest BCUT2D eigenvalue weighted by molar-refractivity contribution is -0.133. The third-order valence-electron chi connectivity index (χ3n) is 6.90. The van der Waals surface area contributed by atoms with Gasteiger partial charge < -0.3 is 19.1 Å². The Morgan fingerprint density at radius 3 is 2.14 bits per heavy atom. The fourth-order valence-electron chi connectivity index (χ4n) is 4.70. The summed E-state index contributed by atoms with van der Waals surface area (Å²) in [5, 5.41) is 4.10. The molecule has 2 aliphatic heterocycles. The van der Waals surface area contributed by atoms with Gasteiger partial charge in [0.15, 0.2) is 5.82 Å². The van der Waals surface area contributed by atoms with Crippen molar-refractivity contribution >= 4 is 11.8 Å². The van der Waals surface area contributed by atoms with E-state index >= 15 is 0 Å². The molecule has 0 spiro atoms. The number of nitrogens with zero attached hydrogens (tertiary/aromatic N) is 5. The monoisotopic (exact) mass is 483 g/mol. The number of carbonyl (C=O) groups is 2. The predicted molar refractivity (Wildman–Crippen MR) is 131 cm³/mol. The highest BCUT2D eigenvalue weighted by molar-refractivity contribution is 5.77. The maximum Gasteiger partial charge on any atom is 0.227 e. The Balaban J connectivity index is 1.15. The van der Waals surface area contributed by atoms with Gasteiger partial charge in [0.05, 0.1) is 13.7 Å². The predicted octanol–water partition coefficient (Wildman–Crippen LogP) is 2.69. The van der Waals surface area contributed by atoms with Crippen LogP contribution < -0.4 is 4.74 Å². The van der Waals surface area contributed by atoms with Gasteiger partial charge in [-0.2, -0.15) is 4.98 Å². The molecule has 9 nitrogen and oxygen atoms in total. The van der Waals surface area contributed by atoms with E-state index in [1.807, 2.05) is 34.1 Å². The highest BCUT2D eigenvalue weighted by atomic mass is 16.5. The van der Waals surface area contributed by atoms with Gasteiger partial charge in [-0.3, -0.25) is 14.5 Å². The van der Waals surface area contributed by atoms with E-state index in [4.69, 9.17) is 9.26 Å². The van der Waals surface area contributed by atoms with Gasteiger partial charge in [-0.25, -0.2) is 0 Å². The Kier molecular flexibility index (Phi) is 9.11. The lowest BCUT2D eigenvalue weighted by Crippen LogP contribution is -2.48. The molecule has 0 unspecified atom stereocenters. The molecular weight excluding hydrogens is 446 g/mol. The van der Waals surface area contributed by atoms with Crippen LogP contribution in [0.3, 0.4) is 0 Å². The van der Waals surface area contributed by atoms with Crippen LogP contribution in [0.1, 0.15) is 55.8 Å². The minimum Gasteiger partial charge on any atom is -0.497 e. The standard InChI is InChI=1S/C26H37N5O4/c1-34-22-9-6-21(7-10-22)8-12-25(32)31-18-16-29(17-19-31)20-23-27-24(35-28-23)11-13-26(33)30-14-4-2-3-5-15-30/h6-7,9-10H,2-5,8,11-20H2,1H3. The van der Waals surface area contributed by atoms with Crippen molar-refractivity contribution in [1.29, 1.82) is 0 Å². The summed E-state index contributed by atoms with van der Waals surface area (Å²) in [6.45, 7) is 5.30. The fraction of sp³-hybridized carbons (Fsp3) is 0.615. The van der Waals surface area contributed by atoms with Crippen molar-refractivity contribution in [2.24, 2.45) is 0 Å². The van der Waals surface area contributed by atoms with Crippen LogP contribution in [0.2, 0.25) is 0 Å². The lowest BCUT2D eigenvalue weighted by atomic mass is 10.1. The van der Waals surface area contributed by atoms with E-state index in [9.17, 15) is 9.59 Å². The fourth-order valence-corrected chi connectivity index (χ4v) is 4.70. The van der Waals surface area contributed by atoms with Crippen LogP contribution in [0, 0.1) is 0 Å². The molecule has 190 valence electrons. The van der Waals surface area contributed by atoms with Crippen molar-refractivity contribution < 1.29 is 18.8 Å². The van der Waals surface area contributed by atoms with E-state index in [1.54, 1.807) is 7.11 Å². The first-order chi connectivity index (χ1) is 17.1. The Morgan fingerprint density at radius 2 is 1.49 bits per heavy atom. The molecule has 1 aromatic heterocycles. The van der Waals surface area contributed by atoms with Gasteiger partial charge in [0.1, 0.15) is 5.75 Å². The second-order valence-corrected chi connectivity index (χ2v) is 9.40. The van der Waals surface area contributed by atoms with Gasteiger partial charge in [-0.05, 0) is 37.0 Å². The van der Waals surface area contributed by atoms with Gasteiger partial charge in [0.2, 0.25) is 17.7 Å². The van der Waals surface area contributed by atoms with E-state index in [0.717, 1.165) is 56.8 Å². The number of methoxy groups -OCH3 is 1. The normalized spacial score (nSPS) is 17.3. The minimum atomic E-state index is 0.180. The van der Waals surface area contributed by atoms with Crippen molar-refractivity contribution in [1.82, 2.24) is 24.8 Å². The van der Waals surface area contributed by atoms with Crippen LogP contribution in [0.15, 0.2) is 28.8 Å². The van der Waals surface area contributed by atoms with Gasteiger partial charge in [-0.1, -0.05) is 30.1 Å². The highest BCUT2D eigenvalue weighted by Gasteiger charge is 2.23. The van der Waals surface area contributed by atoms with E-state index in [1.165, 1.54) is 12.8 Å². The summed E-state index contributed by atoms with van der Waals surface area (Å²) in [6.07, 6.45) is 6.76. The number of carbonyl (C=O) groups excluding carboxylic acids is 2. The van der Waals surface area contributed by atoms with E-state index in [0.29, 0.717) is 50.6 Å². The largest absolute Gasteiger partial charge is 0.497 e. The highest BCUT2D eigenvalue weighted by Crippen LogP contribution is 2.15. The van der Waals surface area contributed by atoms with Crippen molar-refractivity contribution in [3.05, 3.63) is 41.5 Å². The zero-order valence-corrected chi connectivity index (χ0v) is 20.8. The number of aryl methyl sites for hydroxylation is 2. The minimum absolute atomic E-state index is 0.180. The molecule has 9 heteroatoms. The summed E-state index contributed by atoms with van der Waals surface area (Å²) >= 11 is 0. The third-order valence-corrected chi connectivity index (χ3v) is 6.90. The molecule has 2 amide bonds. The van der Waals surface area contributed by atoms with Gasteiger partial charge in [-0.15, -0.1) is 0 Å². The second-order valence-electron chi connectivity index (χ2n) is 9.40. The summed E-state index contributed by atoms with van der Waals surface area (Å²) in [5.74, 6) is 2.36. The number of amides is 2. The first-order valence-electron chi connectivity index (χ1n) is 12.8. The molecule has 0 saturated carbocycles. The summed E-state index contributed by atoms with van der Waals surface area (Å²) in [7, 11) is 1.65. The number of benzene rings is 1. The summed E-state index contributed by atoms with van der Waals surface area (Å²) < 4.78 is 10.6. The summed E-state index contributed by atoms with van der Waals surface area (Å²) in [5.41, 5.74) is 1.14. The second kappa shape index (κ2) is 12.7. The molecule has 0 atom stereocenters. The number of likely N-dealkylation sites (tertiary alicyclic amines) is 1. The van der Waals surface area contributed by atoms with E-state index in [-0.39, 0.29) is 11.8 Å². The molecule has 35 heavy (non-hydrogen) atoms. The molecular formula is C26H37N5O4. The average molecular weight is 484 g/mol. The molecule has 2 aliphatic rings. The summed E-state index contributed by atoms with van der Waals surface area (Å²) in [6, 6.07) is 7.87. The topological polar surface area (TPSA) is 92.0 Å². The van der Waals surface area contributed by atoms with Gasteiger partial charge >= 0.3 is 0 Å². The molecule has 2 saturated heterocycles. The molecule has 1 aromatic carbocycles. The van der Waals surface area contributed by atoms with Crippen LogP contribution >= 0.6 is 0 Å². The van der Waals surface area contributed by atoms with Gasteiger partial charge in [0, 0.05) is 58.5 Å². The smallest absolute Gasteiger partial charge is 0.227 e. The van der Waals surface area contributed by atoms with Crippen LogP contribution in [0.5, 0.6) is 5.75 Å². The number of hydrogen-bond donors (Lipinski definition) is 0. The van der Waals surface area contributed by atoms with Gasteiger partial charge in [0.25, 0.3) is 0 Å². The number of rotatable bonds is 9. The zero-order chi connectivity index (χ0) is 24.5. The van der Waals surface area contributed by atoms with Crippen molar-refractivity contribution in [2.75, 3.05) is 46.4 Å². The van der Waals surface area contributed by atoms with Crippen LogP contribution in [0.4, 0.5) is 0 Å². The lowest BCUT2D eigenvalue weighted by Gasteiger charge is -2.34. The number of hydrogen-bond acceptors (Lipinski definition) is 7. The zero-order valence-electron chi connectivity index (χ0n) is 20.8. The Hall–Kier alpha value is -2.94. The molecule has 2 fully saturated rings. The Labute approximate surface area is 207 Å². The number of ether oxygens (including phenoxy) is 1. The SMILES string of the molecule is COc1ccc(CCC(=O)N2CCN(Cc3noc(CCC(=O)N4CCCCCC4)n3)CC2)cc1. The summed E-state index contributed by atoms with van der Waals surface area (Å²) in [4.78, 5) is 35.8. The van der Waals surface area contributed by atoms with E-state index in [2.05, 4.69) is 15.0 Å². The molecule has 3 heterocycles. The van der Waals surface area contributed by atoms with E-state index < -0.39 is 0 Å². The quantitative estimate of drug-likeness (QED) is 0.541. The Bertz CT molecular complexity index is 945. The third kappa shape index (κ3) is 7.52.